The lowest BCUT2D eigenvalue weighted by atomic mass is 10.1. The first-order valence-corrected chi connectivity index (χ1v) is 5.75. The number of benzene rings is 1. The fourth-order valence-electron chi connectivity index (χ4n) is 1.74. The number of ether oxygens (including phenoxy) is 2. The Morgan fingerprint density at radius 3 is 2.35 bits per heavy atom. The maximum Gasteiger partial charge on any atom is 0.125 e. The zero-order valence-corrected chi connectivity index (χ0v) is 10.9. The van der Waals surface area contributed by atoms with Crippen molar-refractivity contribution in [1.82, 2.24) is 0 Å². The van der Waals surface area contributed by atoms with E-state index in [-0.39, 0.29) is 6.10 Å². The summed E-state index contributed by atoms with van der Waals surface area (Å²) in [6, 6.07) is 5.85. The fourth-order valence-corrected chi connectivity index (χ4v) is 1.74. The molecular formula is C14H19NO2. The molecule has 0 aliphatic carbocycles. The highest BCUT2D eigenvalue weighted by Crippen LogP contribution is 2.26. The zero-order valence-electron chi connectivity index (χ0n) is 10.9. The summed E-state index contributed by atoms with van der Waals surface area (Å²) in [5.41, 5.74) is 2.69. The van der Waals surface area contributed by atoms with E-state index in [0.29, 0.717) is 12.2 Å². The number of aryl methyl sites for hydroxylation is 2. The van der Waals surface area contributed by atoms with Crippen LogP contribution in [0, 0.1) is 25.2 Å². The number of rotatable bonds is 5. The predicted molar refractivity (Wildman–Crippen MR) is 67.2 cm³/mol. The number of hydrogen-bond donors (Lipinski definition) is 0. The van der Waals surface area contributed by atoms with E-state index >= 15 is 0 Å². The van der Waals surface area contributed by atoms with E-state index in [9.17, 15) is 0 Å². The molecule has 1 atom stereocenters. The topological polar surface area (TPSA) is 42.2 Å². The number of hydrogen-bond acceptors (Lipinski definition) is 3. The molecular weight excluding hydrogens is 214 g/mol. The highest BCUT2D eigenvalue weighted by molar-refractivity contribution is 5.47. The molecule has 0 saturated heterocycles. The van der Waals surface area contributed by atoms with Crippen molar-refractivity contribution in [1.29, 1.82) is 5.26 Å². The highest BCUT2D eigenvalue weighted by atomic mass is 16.5. The molecule has 0 radical (unpaired) electrons. The van der Waals surface area contributed by atoms with Crippen LogP contribution in [-0.2, 0) is 4.74 Å². The highest BCUT2D eigenvalue weighted by Gasteiger charge is 2.10. The summed E-state index contributed by atoms with van der Waals surface area (Å²) in [5.74, 6) is 0.882. The van der Waals surface area contributed by atoms with E-state index in [1.54, 1.807) is 7.11 Å². The van der Waals surface area contributed by atoms with Crippen LogP contribution in [0.5, 0.6) is 5.75 Å². The monoisotopic (exact) mass is 233 g/mol. The Labute approximate surface area is 103 Å². The van der Waals surface area contributed by atoms with E-state index in [2.05, 4.69) is 6.07 Å². The Balaban J connectivity index is 2.81. The molecule has 1 rings (SSSR count). The van der Waals surface area contributed by atoms with E-state index in [0.717, 1.165) is 23.3 Å². The van der Waals surface area contributed by atoms with Gasteiger partial charge in [0.2, 0.25) is 0 Å². The van der Waals surface area contributed by atoms with Gasteiger partial charge >= 0.3 is 0 Å². The van der Waals surface area contributed by atoms with Gasteiger partial charge in [-0.2, -0.15) is 5.26 Å². The Hall–Kier alpha value is -1.53. The summed E-state index contributed by atoms with van der Waals surface area (Å²) < 4.78 is 10.9. The van der Waals surface area contributed by atoms with Gasteiger partial charge in [-0.1, -0.05) is 0 Å². The molecule has 0 aliphatic rings. The minimum Gasteiger partial charge on any atom is -0.490 e. The van der Waals surface area contributed by atoms with Crippen molar-refractivity contribution in [2.75, 3.05) is 13.7 Å². The SMILES string of the molecule is COCCC(C)Oc1c(C)cc(C#N)cc1C. The lowest BCUT2D eigenvalue weighted by molar-refractivity contribution is 0.134. The molecule has 0 amide bonds. The molecule has 1 aromatic rings. The first kappa shape index (κ1) is 13.5. The van der Waals surface area contributed by atoms with Crippen molar-refractivity contribution in [2.45, 2.75) is 33.3 Å². The van der Waals surface area contributed by atoms with Crippen LogP contribution < -0.4 is 4.74 Å². The van der Waals surface area contributed by atoms with Crippen LogP contribution in [-0.4, -0.2) is 19.8 Å². The predicted octanol–water partition coefficient (Wildman–Crippen LogP) is 2.98. The van der Waals surface area contributed by atoms with Crippen molar-refractivity contribution in [3.05, 3.63) is 28.8 Å². The van der Waals surface area contributed by atoms with Crippen LogP contribution in [0.3, 0.4) is 0 Å². The van der Waals surface area contributed by atoms with Gasteiger partial charge in [-0.25, -0.2) is 0 Å². The molecule has 1 aromatic carbocycles. The molecule has 0 saturated carbocycles. The maximum atomic E-state index is 8.87. The van der Waals surface area contributed by atoms with E-state index in [1.165, 1.54) is 0 Å². The minimum absolute atomic E-state index is 0.111. The van der Waals surface area contributed by atoms with Gasteiger partial charge in [0.1, 0.15) is 5.75 Å². The number of methoxy groups -OCH3 is 1. The van der Waals surface area contributed by atoms with Gasteiger partial charge < -0.3 is 9.47 Å². The van der Waals surface area contributed by atoms with Crippen LogP contribution >= 0.6 is 0 Å². The molecule has 3 nitrogen and oxygen atoms in total. The van der Waals surface area contributed by atoms with E-state index < -0.39 is 0 Å². The molecule has 0 heterocycles. The fraction of sp³-hybridized carbons (Fsp3) is 0.500. The Kier molecular flexibility index (Phi) is 4.99. The van der Waals surface area contributed by atoms with Crippen molar-refractivity contribution < 1.29 is 9.47 Å². The van der Waals surface area contributed by atoms with Crippen LogP contribution in [0.15, 0.2) is 12.1 Å². The van der Waals surface area contributed by atoms with Crippen molar-refractivity contribution in [3.63, 3.8) is 0 Å². The normalized spacial score (nSPS) is 11.9. The quantitative estimate of drug-likeness (QED) is 0.785. The van der Waals surface area contributed by atoms with Crippen molar-refractivity contribution >= 4 is 0 Å². The van der Waals surface area contributed by atoms with Crippen molar-refractivity contribution in [2.24, 2.45) is 0 Å². The minimum atomic E-state index is 0.111. The van der Waals surface area contributed by atoms with E-state index in [4.69, 9.17) is 14.7 Å². The molecule has 17 heavy (non-hydrogen) atoms. The first-order chi connectivity index (χ1) is 8.08. The number of nitriles is 1. The van der Waals surface area contributed by atoms with Crippen LogP contribution in [0.4, 0.5) is 0 Å². The summed E-state index contributed by atoms with van der Waals surface area (Å²) in [6.45, 7) is 6.64. The average Bonchev–Trinajstić information content (AvgIpc) is 2.30. The molecule has 0 bridgehead atoms. The smallest absolute Gasteiger partial charge is 0.125 e. The van der Waals surface area contributed by atoms with Crippen LogP contribution in [0.2, 0.25) is 0 Å². The van der Waals surface area contributed by atoms with Gasteiger partial charge in [-0.15, -0.1) is 0 Å². The van der Waals surface area contributed by atoms with Gasteiger partial charge in [0.05, 0.1) is 17.7 Å². The second-order valence-corrected chi connectivity index (χ2v) is 4.26. The maximum absolute atomic E-state index is 8.87. The standard InChI is InChI=1S/C14H19NO2/c1-10-7-13(9-15)8-11(2)14(10)17-12(3)5-6-16-4/h7-8,12H,5-6H2,1-4H3. The first-order valence-electron chi connectivity index (χ1n) is 5.75. The summed E-state index contributed by atoms with van der Waals surface area (Å²) in [7, 11) is 1.69. The molecule has 1 unspecified atom stereocenters. The zero-order chi connectivity index (χ0) is 12.8. The third-order valence-electron chi connectivity index (χ3n) is 2.64. The molecule has 0 aliphatic heterocycles. The molecule has 0 N–H and O–H groups in total. The summed E-state index contributed by atoms with van der Waals surface area (Å²) >= 11 is 0. The van der Waals surface area contributed by atoms with Crippen LogP contribution in [0.1, 0.15) is 30.0 Å². The van der Waals surface area contributed by atoms with Crippen LogP contribution in [0.25, 0.3) is 0 Å². The molecule has 0 aromatic heterocycles. The molecule has 0 fully saturated rings. The summed E-state index contributed by atoms with van der Waals surface area (Å²) in [5, 5.41) is 8.87. The lowest BCUT2D eigenvalue weighted by Crippen LogP contribution is -2.15. The second-order valence-electron chi connectivity index (χ2n) is 4.26. The molecule has 0 spiro atoms. The van der Waals surface area contributed by atoms with Crippen molar-refractivity contribution in [3.8, 4) is 11.8 Å². The van der Waals surface area contributed by atoms with Gasteiger partial charge in [0.15, 0.2) is 0 Å². The van der Waals surface area contributed by atoms with E-state index in [1.807, 2.05) is 32.9 Å². The third kappa shape index (κ3) is 3.76. The van der Waals surface area contributed by atoms with Gasteiger partial charge in [0.25, 0.3) is 0 Å². The Morgan fingerprint density at radius 2 is 1.88 bits per heavy atom. The molecule has 3 heteroatoms. The Bertz CT molecular complexity index is 398. The Morgan fingerprint density at radius 1 is 1.29 bits per heavy atom. The third-order valence-corrected chi connectivity index (χ3v) is 2.64. The van der Waals surface area contributed by atoms with Gasteiger partial charge in [-0.3, -0.25) is 0 Å². The van der Waals surface area contributed by atoms with Gasteiger partial charge in [0, 0.05) is 20.1 Å². The molecule has 92 valence electrons. The summed E-state index contributed by atoms with van der Waals surface area (Å²) in [6.07, 6.45) is 0.968. The summed E-state index contributed by atoms with van der Waals surface area (Å²) in [4.78, 5) is 0. The lowest BCUT2D eigenvalue weighted by Gasteiger charge is -2.18. The largest absolute Gasteiger partial charge is 0.490 e. The van der Waals surface area contributed by atoms with Gasteiger partial charge in [-0.05, 0) is 44.0 Å². The second kappa shape index (κ2) is 6.27. The average molecular weight is 233 g/mol. The number of nitrogens with zero attached hydrogens (tertiary/aromatic N) is 1.